The quantitative estimate of drug-likeness (QED) is 0.764. The number of benzene rings is 2. The Balaban J connectivity index is 0.00000256. The lowest BCUT2D eigenvalue weighted by Gasteiger charge is -2.50. The molecule has 0 saturated carbocycles. The van der Waals surface area contributed by atoms with Crippen molar-refractivity contribution in [3.63, 3.8) is 0 Å². The first-order valence-corrected chi connectivity index (χ1v) is 11.7. The van der Waals surface area contributed by atoms with E-state index in [0.717, 1.165) is 49.2 Å². The summed E-state index contributed by atoms with van der Waals surface area (Å²) in [5.74, 6) is 0.904. The average molecular weight is 453 g/mol. The summed E-state index contributed by atoms with van der Waals surface area (Å²) in [7, 11) is -3.26. The molecule has 0 radical (unpaired) electrons. The number of nitrogens with one attached hydrogen (secondary N) is 1. The summed E-state index contributed by atoms with van der Waals surface area (Å²) in [6, 6.07) is 15.7. The van der Waals surface area contributed by atoms with Crippen LogP contribution in [0.4, 0.5) is 5.69 Å². The number of anilines is 1. The Bertz CT molecular complexity index is 994. The Morgan fingerprint density at radius 1 is 1.10 bits per heavy atom. The molecule has 0 aromatic heterocycles. The average Bonchev–Trinajstić information content (AvgIpc) is 2.61. The van der Waals surface area contributed by atoms with Crippen LogP contribution in [-0.4, -0.2) is 44.9 Å². The van der Waals surface area contributed by atoms with Crippen LogP contribution in [0.3, 0.4) is 0 Å². The molecule has 2 heterocycles. The number of sulfonamides is 1. The Morgan fingerprint density at radius 2 is 1.80 bits per heavy atom. The maximum Gasteiger partial charge on any atom is 0.229 e. The monoisotopic (exact) mass is 452 g/mol. The normalized spacial score (nSPS) is 23.2. The van der Waals surface area contributed by atoms with Crippen molar-refractivity contribution >= 4 is 28.1 Å². The largest absolute Gasteiger partial charge is 0.487 e. The van der Waals surface area contributed by atoms with E-state index in [4.69, 9.17) is 9.47 Å². The number of morpholine rings is 1. The van der Waals surface area contributed by atoms with Gasteiger partial charge in [0.1, 0.15) is 17.0 Å². The smallest absolute Gasteiger partial charge is 0.229 e. The minimum Gasteiger partial charge on any atom is -0.487 e. The van der Waals surface area contributed by atoms with Gasteiger partial charge < -0.3 is 9.47 Å². The number of halogens is 1. The number of rotatable bonds is 4. The van der Waals surface area contributed by atoms with E-state index in [9.17, 15) is 8.42 Å². The summed E-state index contributed by atoms with van der Waals surface area (Å²) >= 11 is 0. The van der Waals surface area contributed by atoms with Gasteiger partial charge in [-0.3, -0.25) is 9.62 Å². The van der Waals surface area contributed by atoms with Gasteiger partial charge in [-0.2, -0.15) is 0 Å². The highest BCUT2D eigenvalue weighted by atomic mass is 35.5. The standard InChI is InChI=1S/C22H28N2O4S.ClH/c1-21(2)15-22(19-6-4-5-7-20(19)28-21)16-24(12-13-27-22)14-17-8-10-18(11-9-17)23-29(3,25)26;/h4-11,23H,12-16H2,1-3H3;1H. The Labute approximate surface area is 185 Å². The van der Waals surface area contributed by atoms with Gasteiger partial charge in [0.15, 0.2) is 0 Å². The summed E-state index contributed by atoms with van der Waals surface area (Å²) in [6.07, 6.45) is 1.95. The summed E-state index contributed by atoms with van der Waals surface area (Å²) in [5, 5.41) is 0. The summed E-state index contributed by atoms with van der Waals surface area (Å²) in [6.45, 7) is 7.32. The second-order valence-corrected chi connectivity index (χ2v) is 10.4. The van der Waals surface area contributed by atoms with Gasteiger partial charge in [0, 0.05) is 37.3 Å². The molecule has 1 fully saturated rings. The molecule has 2 aliphatic heterocycles. The van der Waals surface area contributed by atoms with Crippen LogP contribution in [0.25, 0.3) is 0 Å². The molecular weight excluding hydrogens is 424 g/mol. The third kappa shape index (κ3) is 5.09. The molecule has 30 heavy (non-hydrogen) atoms. The first-order valence-electron chi connectivity index (χ1n) is 9.86. The van der Waals surface area contributed by atoms with Crippen molar-refractivity contribution in [1.82, 2.24) is 4.90 Å². The molecule has 6 nitrogen and oxygen atoms in total. The lowest BCUT2D eigenvalue weighted by Crippen LogP contribution is -2.55. The zero-order valence-electron chi connectivity index (χ0n) is 17.6. The molecule has 164 valence electrons. The van der Waals surface area contributed by atoms with Crippen molar-refractivity contribution in [3.8, 4) is 5.75 Å². The van der Waals surface area contributed by atoms with Crippen molar-refractivity contribution in [3.05, 3.63) is 59.7 Å². The number of ether oxygens (including phenoxy) is 2. The highest BCUT2D eigenvalue weighted by molar-refractivity contribution is 7.92. The molecule has 1 unspecified atom stereocenters. The van der Waals surface area contributed by atoms with Gasteiger partial charge >= 0.3 is 0 Å². The van der Waals surface area contributed by atoms with Crippen molar-refractivity contribution in [1.29, 1.82) is 0 Å². The second-order valence-electron chi connectivity index (χ2n) is 8.66. The molecule has 2 aromatic carbocycles. The molecule has 0 amide bonds. The van der Waals surface area contributed by atoms with Crippen LogP contribution in [0.2, 0.25) is 0 Å². The van der Waals surface area contributed by atoms with Gasteiger partial charge in [-0.25, -0.2) is 8.42 Å². The fourth-order valence-corrected chi connectivity index (χ4v) is 5.02. The van der Waals surface area contributed by atoms with Crippen molar-refractivity contribution in [2.45, 2.75) is 38.0 Å². The van der Waals surface area contributed by atoms with Gasteiger partial charge in [0.05, 0.1) is 12.9 Å². The number of nitrogens with zero attached hydrogens (tertiary/aromatic N) is 1. The first kappa shape index (κ1) is 22.9. The minimum atomic E-state index is -3.26. The summed E-state index contributed by atoms with van der Waals surface area (Å²) in [5.41, 5.74) is 2.16. The maximum absolute atomic E-state index is 11.4. The number of hydrogen-bond acceptors (Lipinski definition) is 5. The van der Waals surface area contributed by atoms with Crippen molar-refractivity contribution in [2.24, 2.45) is 0 Å². The van der Waals surface area contributed by atoms with E-state index >= 15 is 0 Å². The molecule has 4 rings (SSSR count). The molecule has 1 atom stereocenters. The molecule has 1 N–H and O–H groups in total. The van der Waals surface area contributed by atoms with Crippen LogP contribution in [0, 0.1) is 0 Å². The zero-order chi connectivity index (χ0) is 20.7. The molecule has 1 saturated heterocycles. The van der Waals surface area contributed by atoms with Crippen LogP contribution >= 0.6 is 12.4 Å². The lowest BCUT2D eigenvalue weighted by atomic mass is 9.79. The van der Waals surface area contributed by atoms with Gasteiger partial charge in [-0.05, 0) is 37.6 Å². The molecule has 8 heteroatoms. The fourth-order valence-electron chi connectivity index (χ4n) is 4.46. The third-order valence-electron chi connectivity index (χ3n) is 5.40. The highest BCUT2D eigenvalue weighted by Gasteiger charge is 2.48. The Kier molecular flexibility index (Phi) is 6.39. The Hall–Kier alpha value is -1.80. The predicted octanol–water partition coefficient (Wildman–Crippen LogP) is 3.77. The van der Waals surface area contributed by atoms with Crippen LogP contribution < -0.4 is 9.46 Å². The number of hydrogen-bond donors (Lipinski definition) is 1. The maximum atomic E-state index is 11.4. The molecule has 2 aromatic rings. The topological polar surface area (TPSA) is 67.9 Å². The second kappa shape index (κ2) is 8.38. The van der Waals surface area contributed by atoms with Crippen molar-refractivity contribution in [2.75, 3.05) is 30.7 Å². The fraction of sp³-hybridized carbons (Fsp3) is 0.455. The molecule has 1 spiro atoms. The summed E-state index contributed by atoms with van der Waals surface area (Å²) < 4.78 is 37.9. The van der Waals surface area contributed by atoms with Gasteiger partial charge in [0.25, 0.3) is 0 Å². The lowest BCUT2D eigenvalue weighted by molar-refractivity contribution is -0.157. The SMILES string of the molecule is CC1(C)CC2(CN(Cc3ccc(NS(C)(=O)=O)cc3)CCO2)c2ccccc2O1.Cl. The van der Waals surface area contributed by atoms with Gasteiger partial charge in [-0.15, -0.1) is 12.4 Å². The van der Waals surface area contributed by atoms with Crippen LogP contribution in [0.5, 0.6) is 5.75 Å². The van der Waals surface area contributed by atoms with Crippen molar-refractivity contribution < 1.29 is 17.9 Å². The molecular formula is C22H29ClN2O4S. The van der Waals surface area contributed by atoms with Crippen LogP contribution in [0.1, 0.15) is 31.4 Å². The Morgan fingerprint density at radius 3 is 2.50 bits per heavy atom. The third-order valence-corrected chi connectivity index (χ3v) is 6.01. The highest BCUT2D eigenvalue weighted by Crippen LogP contribution is 2.47. The first-order chi connectivity index (χ1) is 13.6. The van der Waals surface area contributed by atoms with E-state index < -0.39 is 10.0 Å². The molecule has 2 aliphatic rings. The van der Waals surface area contributed by atoms with E-state index in [-0.39, 0.29) is 23.6 Å². The number of fused-ring (bicyclic) bond motifs is 2. The minimum absolute atomic E-state index is 0. The van der Waals surface area contributed by atoms with Crippen LogP contribution in [-0.2, 0) is 26.9 Å². The predicted molar refractivity (Wildman–Crippen MR) is 121 cm³/mol. The van der Waals surface area contributed by atoms with Gasteiger partial charge in [0.2, 0.25) is 10.0 Å². The molecule has 0 aliphatic carbocycles. The number of para-hydroxylation sites is 1. The van der Waals surface area contributed by atoms with E-state index in [1.807, 2.05) is 30.3 Å². The molecule has 0 bridgehead atoms. The summed E-state index contributed by atoms with van der Waals surface area (Å²) in [4.78, 5) is 2.40. The van der Waals surface area contributed by atoms with Crippen LogP contribution in [0.15, 0.2) is 48.5 Å². The van der Waals surface area contributed by atoms with E-state index in [1.54, 1.807) is 12.1 Å². The van der Waals surface area contributed by atoms with E-state index in [0.29, 0.717) is 12.3 Å². The van der Waals surface area contributed by atoms with E-state index in [1.165, 1.54) is 0 Å². The zero-order valence-corrected chi connectivity index (χ0v) is 19.2. The van der Waals surface area contributed by atoms with E-state index in [2.05, 4.69) is 29.5 Å². The van der Waals surface area contributed by atoms with Gasteiger partial charge in [-0.1, -0.05) is 30.3 Å².